The fraction of sp³-hybridized carbons (Fsp3) is 0.286. The smallest absolute Gasteiger partial charge is 0.383 e. The van der Waals surface area contributed by atoms with Crippen LogP contribution in [0.4, 0.5) is 22.0 Å². The zero-order valence-corrected chi connectivity index (χ0v) is 12.2. The summed E-state index contributed by atoms with van der Waals surface area (Å²) in [5, 5.41) is 0. The molecular weight excluding hydrogens is 321 g/mol. The van der Waals surface area contributed by atoms with Crippen molar-refractivity contribution >= 4 is 16.8 Å². The molecule has 1 aromatic carbocycles. The van der Waals surface area contributed by atoms with Crippen molar-refractivity contribution in [3.05, 3.63) is 41.9 Å². The first-order chi connectivity index (χ1) is 10.6. The fourth-order valence-electron chi connectivity index (χ4n) is 2.00. The maximum atomic E-state index is 13.9. The Morgan fingerprint density at radius 1 is 1.30 bits per heavy atom. The molecule has 0 saturated heterocycles. The van der Waals surface area contributed by atoms with Crippen molar-refractivity contribution in [2.24, 2.45) is 0 Å². The van der Waals surface area contributed by atoms with Crippen molar-refractivity contribution in [2.45, 2.75) is 12.7 Å². The van der Waals surface area contributed by atoms with Crippen molar-refractivity contribution in [1.29, 1.82) is 0 Å². The predicted molar refractivity (Wildman–Crippen MR) is 72.9 cm³/mol. The summed E-state index contributed by atoms with van der Waals surface area (Å²) in [6.07, 6.45) is -2.38. The number of benzene rings is 1. The van der Waals surface area contributed by atoms with Crippen LogP contribution in [-0.2, 0) is 6.54 Å². The highest BCUT2D eigenvalue weighted by molar-refractivity contribution is 6.04. The second-order valence-corrected chi connectivity index (χ2v) is 5.04. The maximum absolute atomic E-state index is 13.9. The molecule has 0 aliphatic carbocycles. The average Bonchev–Trinajstić information content (AvgIpc) is 2.72. The molecule has 124 valence electrons. The summed E-state index contributed by atoms with van der Waals surface area (Å²) >= 11 is 0. The normalized spacial score (nSPS) is 12.3. The van der Waals surface area contributed by atoms with E-state index in [0.29, 0.717) is 10.6 Å². The number of alkyl halides is 3. The van der Waals surface area contributed by atoms with E-state index in [0.717, 1.165) is 12.1 Å². The Labute approximate surface area is 127 Å². The monoisotopic (exact) mass is 333 g/mol. The van der Waals surface area contributed by atoms with Crippen LogP contribution < -0.4 is 0 Å². The van der Waals surface area contributed by atoms with E-state index in [1.807, 2.05) is 0 Å². The van der Waals surface area contributed by atoms with E-state index in [2.05, 4.69) is 4.98 Å². The number of hydrogen-bond donors (Lipinski definition) is 0. The summed E-state index contributed by atoms with van der Waals surface area (Å²) in [5.74, 6) is -3.67. The molecule has 1 heterocycles. The first-order valence-electron chi connectivity index (χ1n) is 6.39. The molecule has 0 bridgehead atoms. The van der Waals surface area contributed by atoms with Crippen LogP contribution in [-0.4, -0.2) is 40.5 Å². The molecular formula is C14H12F5N3O. The number of carbonyl (C=O) groups is 1. The summed E-state index contributed by atoms with van der Waals surface area (Å²) in [6.45, 7) is -1.61. The van der Waals surface area contributed by atoms with Gasteiger partial charge in [-0.25, -0.2) is 13.8 Å². The first-order valence-corrected chi connectivity index (χ1v) is 6.39. The van der Waals surface area contributed by atoms with E-state index in [-0.39, 0.29) is 5.52 Å². The molecule has 0 spiro atoms. The van der Waals surface area contributed by atoms with Gasteiger partial charge in [0.25, 0.3) is 0 Å². The van der Waals surface area contributed by atoms with Crippen molar-refractivity contribution in [3.8, 4) is 0 Å². The third-order valence-electron chi connectivity index (χ3n) is 2.84. The quantitative estimate of drug-likeness (QED) is 0.490. The SMILES string of the molecule is CN(C)/C=C/C(=O)c1nc2cc(F)cc(F)c2n1CC(F)(F)F. The summed E-state index contributed by atoms with van der Waals surface area (Å²) in [7, 11) is 3.22. The Balaban J connectivity index is 2.65. The highest BCUT2D eigenvalue weighted by Crippen LogP contribution is 2.26. The van der Waals surface area contributed by atoms with Crippen LogP contribution in [0.15, 0.2) is 24.4 Å². The Hall–Kier alpha value is -2.45. The molecule has 23 heavy (non-hydrogen) atoms. The Bertz CT molecular complexity index is 777. The maximum Gasteiger partial charge on any atom is 0.406 e. The molecule has 0 radical (unpaired) electrons. The van der Waals surface area contributed by atoms with Gasteiger partial charge in [-0.05, 0) is 0 Å². The number of hydrogen-bond acceptors (Lipinski definition) is 3. The predicted octanol–water partition coefficient (Wildman–Crippen LogP) is 3.13. The minimum absolute atomic E-state index is 0.353. The highest BCUT2D eigenvalue weighted by atomic mass is 19.4. The minimum Gasteiger partial charge on any atom is -0.383 e. The van der Waals surface area contributed by atoms with Gasteiger partial charge in [-0.1, -0.05) is 0 Å². The second kappa shape index (κ2) is 5.98. The van der Waals surface area contributed by atoms with Gasteiger partial charge < -0.3 is 9.47 Å². The summed E-state index contributed by atoms with van der Waals surface area (Å²) in [5.41, 5.74) is -0.918. The lowest BCUT2D eigenvalue weighted by molar-refractivity contribution is -0.140. The van der Waals surface area contributed by atoms with Gasteiger partial charge in [0.15, 0.2) is 11.6 Å². The first kappa shape index (κ1) is 16.9. The molecule has 0 atom stereocenters. The summed E-state index contributed by atoms with van der Waals surface area (Å²) in [6, 6.07) is 1.22. The molecule has 9 heteroatoms. The molecule has 2 rings (SSSR count). The summed E-state index contributed by atoms with van der Waals surface area (Å²) in [4.78, 5) is 17.2. The number of fused-ring (bicyclic) bond motifs is 1. The minimum atomic E-state index is -4.70. The Morgan fingerprint density at radius 2 is 1.96 bits per heavy atom. The van der Waals surface area contributed by atoms with Crippen LogP contribution in [0, 0.1) is 11.6 Å². The van der Waals surface area contributed by atoms with E-state index in [4.69, 9.17) is 0 Å². The number of ketones is 1. The highest BCUT2D eigenvalue weighted by Gasteiger charge is 2.32. The van der Waals surface area contributed by atoms with Crippen LogP contribution in [0.1, 0.15) is 10.6 Å². The molecule has 0 saturated carbocycles. The largest absolute Gasteiger partial charge is 0.406 e. The lowest BCUT2D eigenvalue weighted by Gasteiger charge is -2.11. The van der Waals surface area contributed by atoms with Gasteiger partial charge in [0.1, 0.15) is 17.9 Å². The Kier molecular flexibility index (Phi) is 4.39. The molecule has 2 aromatic rings. The van der Waals surface area contributed by atoms with Crippen molar-refractivity contribution in [1.82, 2.24) is 14.5 Å². The van der Waals surface area contributed by atoms with Crippen molar-refractivity contribution in [2.75, 3.05) is 14.1 Å². The molecule has 0 amide bonds. The van der Waals surface area contributed by atoms with Crippen LogP contribution in [0.2, 0.25) is 0 Å². The third-order valence-corrected chi connectivity index (χ3v) is 2.84. The number of rotatable bonds is 4. The molecule has 4 nitrogen and oxygen atoms in total. The van der Waals surface area contributed by atoms with E-state index in [1.54, 1.807) is 14.1 Å². The van der Waals surface area contributed by atoms with E-state index < -0.39 is 41.5 Å². The summed E-state index contributed by atoms with van der Waals surface area (Å²) < 4.78 is 65.7. The van der Waals surface area contributed by atoms with Crippen LogP contribution in [0.3, 0.4) is 0 Å². The molecule has 1 aromatic heterocycles. The molecule has 0 aliphatic heterocycles. The lowest BCUT2D eigenvalue weighted by atomic mass is 10.3. The zero-order chi connectivity index (χ0) is 17.4. The van der Waals surface area contributed by atoms with Gasteiger partial charge in [-0.3, -0.25) is 4.79 Å². The number of nitrogens with zero attached hydrogens (tertiary/aromatic N) is 3. The zero-order valence-electron chi connectivity index (χ0n) is 12.2. The van der Waals surface area contributed by atoms with Gasteiger partial charge in [0.05, 0.1) is 5.52 Å². The molecule has 0 fully saturated rings. The van der Waals surface area contributed by atoms with Gasteiger partial charge in [0, 0.05) is 38.5 Å². The van der Waals surface area contributed by atoms with Gasteiger partial charge in [-0.2, -0.15) is 13.2 Å². The second-order valence-electron chi connectivity index (χ2n) is 5.04. The van der Waals surface area contributed by atoms with Crippen molar-refractivity contribution < 1.29 is 26.7 Å². The number of carbonyl (C=O) groups excluding carboxylic acids is 1. The number of aromatic nitrogens is 2. The molecule has 0 unspecified atom stereocenters. The third kappa shape index (κ3) is 3.85. The fourth-order valence-corrected chi connectivity index (χ4v) is 2.00. The topological polar surface area (TPSA) is 38.1 Å². The van der Waals surface area contributed by atoms with E-state index in [9.17, 15) is 26.7 Å². The van der Waals surface area contributed by atoms with Gasteiger partial charge in [-0.15, -0.1) is 0 Å². The Morgan fingerprint density at radius 3 is 2.52 bits per heavy atom. The molecule has 0 N–H and O–H groups in total. The van der Waals surface area contributed by atoms with E-state index >= 15 is 0 Å². The molecule has 0 aliphatic rings. The number of halogens is 5. The standard InChI is InChI=1S/C14H12F5N3O/c1-21(2)4-3-11(23)13-20-10-6-8(15)5-9(16)12(10)22(13)7-14(17,18)19/h3-6H,7H2,1-2H3/b4-3+. The van der Waals surface area contributed by atoms with Crippen LogP contribution in [0.25, 0.3) is 11.0 Å². The van der Waals surface area contributed by atoms with Gasteiger partial charge in [0.2, 0.25) is 5.78 Å². The van der Waals surface area contributed by atoms with Crippen molar-refractivity contribution in [3.63, 3.8) is 0 Å². The van der Waals surface area contributed by atoms with Crippen LogP contribution >= 0.6 is 0 Å². The number of allylic oxidation sites excluding steroid dienone is 1. The van der Waals surface area contributed by atoms with Gasteiger partial charge >= 0.3 is 6.18 Å². The van der Waals surface area contributed by atoms with E-state index in [1.165, 1.54) is 11.1 Å². The average molecular weight is 333 g/mol. The number of imidazole rings is 1. The lowest BCUT2D eigenvalue weighted by Crippen LogP contribution is -2.21. The van der Waals surface area contributed by atoms with Crippen LogP contribution in [0.5, 0.6) is 0 Å².